The Balaban J connectivity index is 1.68. The predicted octanol–water partition coefficient (Wildman–Crippen LogP) is 2.15. The molecule has 1 saturated carbocycles. The molecule has 5 nitrogen and oxygen atoms in total. The number of likely N-dealkylation sites (N-methyl/N-ethyl adjacent to an activating group) is 1. The van der Waals surface area contributed by atoms with E-state index in [9.17, 15) is 4.79 Å². The Kier molecular flexibility index (Phi) is 4.29. The van der Waals surface area contributed by atoms with Crippen LogP contribution >= 0.6 is 0 Å². The third kappa shape index (κ3) is 3.12. The molecule has 0 radical (unpaired) electrons. The second-order valence-corrected chi connectivity index (χ2v) is 6.32. The molecule has 0 spiro atoms. The maximum atomic E-state index is 12.9. The highest BCUT2D eigenvalue weighted by Gasteiger charge is 2.33. The van der Waals surface area contributed by atoms with Crippen LogP contribution in [0, 0.1) is 6.92 Å². The van der Waals surface area contributed by atoms with Gasteiger partial charge in [0.25, 0.3) is 5.91 Å². The van der Waals surface area contributed by atoms with Gasteiger partial charge in [-0.25, -0.2) is 0 Å². The number of hydrogen-bond acceptors (Lipinski definition) is 3. The van der Waals surface area contributed by atoms with Gasteiger partial charge < -0.3 is 9.80 Å². The summed E-state index contributed by atoms with van der Waals surface area (Å²) in [5, 5.41) is 7.38. The lowest BCUT2D eigenvalue weighted by atomic mass is 10.1. The molecule has 1 N–H and O–H groups in total. The minimum Gasteiger partial charge on any atom is -0.338 e. The SMILES string of the molecule is CCN(CCN1CCCC1)C(=O)c1c(C2CC2)n[nH]c1C. The van der Waals surface area contributed by atoms with Gasteiger partial charge in [0.05, 0.1) is 11.3 Å². The molecule has 0 atom stereocenters. The molecule has 1 aromatic heterocycles. The first-order valence-corrected chi connectivity index (χ1v) is 8.27. The zero-order valence-corrected chi connectivity index (χ0v) is 13.2. The number of aromatic amines is 1. The first-order chi connectivity index (χ1) is 10.2. The Labute approximate surface area is 126 Å². The van der Waals surface area contributed by atoms with Crippen LogP contribution in [0.2, 0.25) is 0 Å². The number of nitrogens with zero attached hydrogens (tertiary/aromatic N) is 3. The Hall–Kier alpha value is -1.36. The second-order valence-electron chi connectivity index (χ2n) is 6.32. The molecule has 2 fully saturated rings. The van der Waals surface area contributed by atoms with Crippen LogP contribution in [-0.4, -0.2) is 58.6 Å². The van der Waals surface area contributed by atoms with Crippen LogP contribution in [0.15, 0.2) is 0 Å². The number of carbonyl (C=O) groups excluding carboxylic acids is 1. The molecule has 2 aliphatic rings. The van der Waals surface area contributed by atoms with Crippen molar-refractivity contribution >= 4 is 5.91 Å². The number of aromatic nitrogens is 2. The molecule has 0 bridgehead atoms. The fourth-order valence-corrected chi connectivity index (χ4v) is 3.20. The third-order valence-electron chi connectivity index (χ3n) is 4.71. The first kappa shape index (κ1) is 14.6. The minimum atomic E-state index is 0.157. The molecule has 5 heteroatoms. The molecule has 0 unspecified atom stereocenters. The van der Waals surface area contributed by atoms with Gasteiger partial charge in [0, 0.05) is 31.2 Å². The van der Waals surface area contributed by atoms with E-state index in [1.165, 1.54) is 38.8 Å². The number of aryl methyl sites for hydroxylation is 1. The molecule has 1 aromatic rings. The van der Waals surface area contributed by atoms with Gasteiger partial charge in [-0.2, -0.15) is 5.10 Å². The quantitative estimate of drug-likeness (QED) is 0.873. The molecule has 1 amide bonds. The van der Waals surface area contributed by atoms with Gasteiger partial charge in [-0.15, -0.1) is 0 Å². The lowest BCUT2D eigenvalue weighted by Gasteiger charge is -2.24. The summed E-state index contributed by atoms with van der Waals surface area (Å²) in [7, 11) is 0. The molecule has 2 heterocycles. The summed E-state index contributed by atoms with van der Waals surface area (Å²) in [6.45, 7) is 8.98. The summed E-state index contributed by atoms with van der Waals surface area (Å²) in [5.41, 5.74) is 2.75. The van der Waals surface area contributed by atoms with E-state index < -0.39 is 0 Å². The molecular weight excluding hydrogens is 264 g/mol. The van der Waals surface area contributed by atoms with Crippen LogP contribution in [0.3, 0.4) is 0 Å². The third-order valence-corrected chi connectivity index (χ3v) is 4.71. The van der Waals surface area contributed by atoms with E-state index in [0.29, 0.717) is 5.92 Å². The molecule has 0 aromatic carbocycles. The summed E-state index contributed by atoms with van der Waals surface area (Å²) in [6.07, 6.45) is 4.94. The lowest BCUT2D eigenvalue weighted by molar-refractivity contribution is 0.0748. The molecule has 21 heavy (non-hydrogen) atoms. The fraction of sp³-hybridized carbons (Fsp3) is 0.750. The number of hydrogen-bond donors (Lipinski definition) is 1. The van der Waals surface area contributed by atoms with E-state index in [-0.39, 0.29) is 5.91 Å². The van der Waals surface area contributed by atoms with Crippen molar-refractivity contribution in [2.75, 3.05) is 32.7 Å². The van der Waals surface area contributed by atoms with Crippen molar-refractivity contribution in [3.63, 3.8) is 0 Å². The predicted molar refractivity (Wildman–Crippen MR) is 82.6 cm³/mol. The van der Waals surface area contributed by atoms with E-state index in [1.807, 2.05) is 11.8 Å². The average Bonchev–Trinajstić information content (AvgIpc) is 3.05. The Morgan fingerprint density at radius 3 is 2.71 bits per heavy atom. The van der Waals surface area contributed by atoms with E-state index in [2.05, 4.69) is 22.0 Å². The first-order valence-electron chi connectivity index (χ1n) is 8.27. The van der Waals surface area contributed by atoms with Gasteiger partial charge in [-0.1, -0.05) is 0 Å². The van der Waals surface area contributed by atoms with Crippen LogP contribution in [0.1, 0.15) is 60.3 Å². The normalized spacial score (nSPS) is 19.1. The second kappa shape index (κ2) is 6.18. The van der Waals surface area contributed by atoms with Crippen LogP contribution < -0.4 is 0 Å². The molecule has 116 valence electrons. The van der Waals surface area contributed by atoms with Crippen molar-refractivity contribution in [3.05, 3.63) is 17.0 Å². The van der Waals surface area contributed by atoms with Crippen molar-refractivity contribution in [3.8, 4) is 0 Å². The monoisotopic (exact) mass is 290 g/mol. The van der Waals surface area contributed by atoms with Crippen molar-refractivity contribution in [1.82, 2.24) is 20.0 Å². The van der Waals surface area contributed by atoms with Gasteiger partial charge in [0.1, 0.15) is 0 Å². The summed E-state index contributed by atoms with van der Waals surface area (Å²) in [4.78, 5) is 17.3. The highest BCUT2D eigenvalue weighted by Crippen LogP contribution is 2.41. The summed E-state index contributed by atoms with van der Waals surface area (Å²) >= 11 is 0. The zero-order chi connectivity index (χ0) is 14.8. The summed E-state index contributed by atoms with van der Waals surface area (Å²) in [5.74, 6) is 0.663. The molecule has 1 aliphatic heterocycles. The van der Waals surface area contributed by atoms with E-state index in [0.717, 1.165) is 36.6 Å². The molecule has 1 saturated heterocycles. The smallest absolute Gasteiger partial charge is 0.257 e. The van der Waals surface area contributed by atoms with Crippen LogP contribution in [0.4, 0.5) is 0 Å². The van der Waals surface area contributed by atoms with Gasteiger partial charge in [0.15, 0.2) is 0 Å². The average molecular weight is 290 g/mol. The number of amides is 1. The highest BCUT2D eigenvalue weighted by atomic mass is 16.2. The molecule has 3 rings (SSSR count). The van der Waals surface area contributed by atoms with Crippen LogP contribution in [0.5, 0.6) is 0 Å². The van der Waals surface area contributed by atoms with Crippen molar-refractivity contribution in [2.45, 2.75) is 45.4 Å². The van der Waals surface area contributed by atoms with Crippen molar-refractivity contribution in [1.29, 1.82) is 0 Å². The van der Waals surface area contributed by atoms with E-state index in [1.54, 1.807) is 0 Å². The number of likely N-dealkylation sites (tertiary alicyclic amines) is 1. The van der Waals surface area contributed by atoms with Gasteiger partial charge in [-0.3, -0.25) is 9.89 Å². The van der Waals surface area contributed by atoms with Crippen molar-refractivity contribution in [2.24, 2.45) is 0 Å². The Bertz CT molecular complexity index is 500. The van der Waals surface area contributed by atoms with E-state index in [4.69, 9.17) is 0 Å². The number of carbonyl (C=O) groups is 1. The summed E-state index contributed by atoms with van der Waals surface area (Å²) in [6, 6.07) is 0. The minimum absolute atomic E-state index is 0.157. The maximum Gasteiger partial charge on any atom is 0.257 e. The summed E-state index contributed by atoms with van der Waals surface area (Å²) < 4.78 is 0. The Morgan fingerprint density at radius 1 is 1.38 bits per heavy atom. The number of rotatable bonds is 6. The van der Waals surface area contributed by atoms with Crippen LogP contribution in [-0.2, 0) is 0 Å². The van der Waals surface area contributed by atoms with Crippen LogP contribution in [0.25, 0.3) is 0 Å². The standard InChI is InChI=1S/C16H26N4O/c1-3-20(11-10-19-8-4-5-9-19)16(21)14-12(2)17-18-15(14)13-6-7-13/h13H,3-11H2,1-2H3,(H,17,18). The van der Waals surface area contributed by atoms with Crippen molar-refractivity contribution < 1.29 is 4.79 Å². The van der Waals surface area contributed by atoms with Gasteiger partial charge >= 0.3 is 0 Å². The maximum absolute atomic E-state index is 12.9. The van der Waals surface area contributed by atoms with Gasteiger partial charge in [-0.05, 0) is 52.6 Å². The zero-order valence-electron chi connectivity index (χ0n) is 13.2. The molecular formula is C16H26N4O. The van der Waals surface area contributed by atoms with E-state index >= 15 is 0 Å². The lowest BCUT2D eigenvalue weighted by Crippen LogP contribution is -2.38. The Morgan fingerprint density at radius 2 is 2.10 bits per heavy atom. The number of H-pyrrole nitrogens is 1. The largest absolute Gasteiger partial charge is 0.338 e. The fourth-order valence-electron chi connectivity index (χ4n) is 3.20. The number of nitrogens with one attached hydrogen (secondary N) is 1. The topological polar surface area (TPSA) is 52.2 Å². The highest BCUT2D eigenvalue weighted by molar-refractivity contribution is 5.96. The molecule has 1 aliphatic carbocycles. The van der Waals surface area contributed by atoms with Gasteiger partial charge in [0.2, 0.25) is 0 Å².